The van der Waals surface area contributed by atoms with Gasteiger partial charge in [0.05, 0.1) is 5.52 Å². The topological polar surface area (TPSA) is 117 Å². The first-order valence-electron chi connectivity index (χ1n) is 10.1. The number of Topliss-reactive ketones (excluding diaryl/α,β-unsaturated/α-hetero) is 1. The predicted molar refractivity (Wildman–Crippen MR) is 115 cm³/mol. The van der Waals surface area contributed by atoms with Crippen molar-refractivity contribution in [3.05, 3.63) is 57.1 Å². The van der Waals surface area contributed by atoms with E-state index in [0.29, 0.717) is 28.4 Å². The lowest BCUT2D eigenvalue weighted by Crippen LogP contribution is -2.75. The number of carbonyl (C=O) groups excluding carboxylic acids is 2. The first-order chi connectivity index (χ1) is 14.7. The Morgan fingerprint density at radius 3 is 2.71 bits per heavy atom. The normalized spacial score (nSPS) is 23.7. The van der Waals surface area contributed by atoms with Crippen LogP contribution in [-0.4, -0.2) is 38.8 Å². The fourth-order valence-electron chi connectivity index (χ4n) is 5.01. The van der Waals surface area contributed by atoms with E-state index in [1.807, 2.05) is 13.0 Å². The van der Waals surface area contributed by atoms with Gasteiger partial charge in [-0.3, -0.25) is 14.6 Å². The molecule has 3 N–H and O–H groups in total. The maximum absolute atomic E-state index is 12.6. The van der Waals surface area contributed by atoms with Gasteiger partial charge in [-0.05, 0) is 67.5 Å². The summed E-state index contributed by atoms with van der Waals surface area (Å²) in [6.45, 7) is 1.92. The average Bonchev–Trinajstić information content (AvgIpc) is 3.05. The molecular weight excluding hydrogens is 420 g/mol. The van der Waals surface area contributed by atoms with Gasteiger partial charge in [0.1, 0.15) is 18.1 Å². The number of hydrogen-bond acceptors (Lipinski definition) is 5. The number of pyridine rings is 1. The molecule has 2 aromatic heterocycles. The Kier molecular flexibility index (Phi) is 4.44. The van der Waals surface area contributed by atoms with Crippen molar-refractivity contribution in [1.29, 1.82) is 0 Å². The lowest BCUT2D eigenvalue weighted by molar-refractivity contribution is -0.162. The number of rotatable bonds is 7. The van der Waals surface area contributed by atoms with E-state index in [9.17, 15) is 14.4 Å². The molecule has 1 aromatic carbocycles. The van der Waals surface area contributed by atoms with Crippen LogP contribution >= 0.6 is 11.6 Å². The van der Waals surface area contributed by atoms with Crippen LogP contribution in [0.5, 0.6) is 5.75 Å². The fraction of sp³-hybridized carbons (Fsp3) is 0.364. The number of aryl methyl sites for hydroxylation is 1. The van der Waals surface area contributed by atoms with Crippen LogP contribution in [0, 0.1) is 12.3 Å². The van der Waals surface area contributed by atoms with Crippen LogP contribution in [0.4, 0.5) is 0 Å². The summed E-state index contributed by atoms with van der Waals surface area (Å²) in [6, 6.07) is 8.56. The second-order valence-electron chi connectivity index (χ2n) is 8.85. The molecule has 160 valence electrons. The Hall–Kier alpha value is -3.13. The summed E-state index contributed by atoms with van der Waals surface area (Å²) in [5, 5.41) is 3.72. The first-order valence-corrected chi connectivity index (χ1v) is 10.5. The van der Waals surface area contributed by atoms with E-state index in [4.69, 9.17) is 16.3 Å². The van der Waals surface area contributed by atoms with Gasteiger partial charge in [0, 0.05) is 17.0 Å². The fourth-order valence-corrected chi connectivity index (χ4v) is 5.12. The first kappa shape index (κ1) is 19.8. The highest BCUT2D eigenvalue weighted by molar-refractivity contribution is 6.31. The molecule has 1 amide bonds. The number of benzene rings is 1. The summed E-state index contributed by atoms with van der Waals surface area (Å²) < 4.78 is 5.61. The van der Waals surface area contributed by atoms with Crippen LogP contribution in [0.25, 0.3) is 11.2 Å². The van der Waals surface area contributed by atoms with Crippen molar-refractivity contribution >= 4 is 34.5 Å². The number of ketones is 1. The van der Waals surface area contributed by atoms with Crippen molar-refractivity contribution in [2.45, 2.75) is 38.1 Å². The standard InChI is InChI=1S/C22H21ClN4O4/c1-12-6-14(2-3-15(12)23)31-8-13(28)7-21-9-22(10-21,11-21)27-19(29)17-5-4-16-18(24-17)26-20(30)25-16/h2-6H,7-11H2,1H3,(H,27,29)(H2,24,25,26,30). The molecule has 3 aromatic rings. The number of nitrogens with zero attached hydrogens (tertiary/aromatic N) is 1. The summed E-state index contributed by atoms with van der Waals surface area (Å²) >= 11 is 6.01. The molecule has 2 heterocycles. The quantitative estimate of drug-likeness (QED) is 0.522. The van der Waals surface area contributed by atoms with Crippen molar-refractivity contribution in [2.24, 2.45) is 5.41 Å². The van der Waals surface area contributed by atoms with Gasteiger partial charge in [-0.25, -0.2) is 9.78 Å². The molecule has 0 atom stereocenters. The van der Waals surface area contributed by atoms with Crippen LogP contribution < -0.4 is 15.7 Å². The number of nitrogens with one attached hydrogen (secondary N) is 3. The molecule has 3 saturated carbocycles. The lowest BCUT2D eigenvalue weighted by atomic mass is 9.38. The van der Waals surface area contributed by atoms with E-state index < -0.39 is 0 Å². The smallest absolute Gasteiger partial charge is 0.325 e. The number of fused-ring (bicyclic) bond motifs is 1. The molecular formula is C22H21ClN4O4. The zero-order valence-corrected chi connectivity index (χ0v) is 17.6. The molecule has 0 spiro atoms. The van der Waals surface area contributed by atoms with Crippen LogP contribution in [0.2, 0.25) is 5.02 Å². The minimum atomic E-state index is -0.360. The maximum atomic E-state index is 12.6. The highest BCUT2D eigenvalue weighted by Crippen LogP contribution is 2.69. The molecule has 9 heteroatoms. The van der Waals surface area contributed by atoms with Crippen molar-refractivity contribution < 1.29 is 14.3 Å². The molecule has 2 bridgehead atoms. The minimum Gasteiger partial charge on any atom is -0.486 e. The van der Waals surface area contributed by atoms with E-state index in [0.717, 1.165) is 24.8 Å². The SMILES string of the molecule is Cc1cc(OCC(=O)CC23CC(NC(=O)c4ccc5[nH]c(=O)[nH]c5n4)(C2)C3)ccc1Cl. The summed E-state index contributed by atoms with van der Waals surface area (Å²) in [5.74, 6) is 0.408. The van der Waals surface area contributed by atoms with Gasteiger partial charge in [0.25, 0.3) is 5.91 Å². The highest BCUT2D eigenvalue weighted by Gasteiger charge is 2.68. The number of aromatic amines is 2. The van der Waals surface area contributed by atoms with Gasteiger partial charge in [0.2, 0.25) is 0 Å². The highest BCUT2D eigenvalue weighted by atomic mass is 35.5. The monoisotopic (exact) mass is 440 g/mol. The Balaban J connectivity index is 1.12. The molecule has 0 unspecified atom stereocenters. The molecule has 31 heavy (non-hydrogen) atoms. The number of carbonyl (C=O) groups is 2. The Morgan fingerprint density at radius 2 is 1.97 bits per heavy atom. The predicted octanol–water partition coefficient (Wildman–Crippen LogP) is 2.90. The van der Waals surface area contributed by atoms with E-state index in [1.54, 1.807) is 24.3 Å². The number of hydrogen-bond donors (Lipinski definition) is 3. The third kappa shape index (κ3) is 3.61. The zero-order chi connectivity index (χ0) is 21.8. The summed E-state index contributed by atoms with van der Waals surface area (Å²) in [6.07, 6.45) is 2.79. The molecule has 6 rings (SSSR count). The number of amides is 1. The van der Waals surface area contributed by atoms with Crippen molar-refractivity contribution in [3.8, 4) is 5.75 Å². The average molecular weight is 441 g/mol. The van der Waals surface area contributed by atoms with Crippen LogP contribution in [-0.2, 0) is 4.79 Å². The summed E-state index contributed by atoms with van der Waals surface area (Å²) in [5.41, 5.74) is 1.42. The minimum absolute atomic E-state index is 0.0288. The van der Waals surface area contributed by atoms with E-state index >= 15 is 0 Å². The third-order valence-corrected chi connectivity index (χ3v) is 6.65. The molecule has 0 radical (unpaired) electrons. The van der Waals surface area contributed by atoms with Crippen molar-refractivity contribution in [1.82, 2.24) is 20.3 Å². The summed E-state index contributed by atoms with van der Waals surface area (Å²) in [4.78, 5) is 45.7. The van der Waals surface area contributed by atoms with Crippen LogP contribution in [0.1, 0.15) is 41.7 Å². The Morgan fingerprint density at radius 1 is 1.19 bits per heavy atom. The number of imidazole rings is 1. The van der Waals surface area contributed by atoms with Gasteiger partial charge in [-0.15, -0.1) is 0 Å². The molecule has 3 fully saturated rings. The van der Waals surface area contributed by atoms with Gasteiger partial charge >= 0.3 is 5.69 Å². The van der Waals surface area contributed by atoms with Crippen molar-refractivity contribution in [3.63, 3.8) is 0 Å². The van der Waals surface area contributed by atoms with Crippen LogP contribution in [0.3, 0.4) is 0 Å². The van der Waals surface area contributed by atoms with Gasteiger partial charge in [0.15, 0.2) is 11.4 Å². The maximum Gasteiger partial charge on any atom is 0.325 e. The van der Waals surface area contributed by atoms with Gasteiger partial charge in [-0.1, -0.05) is 11.6 Å². The number of H-pyrrole nitrogens is 2. The lowest BCUT2D eigenvalue weighted by Gasteiger charge is -2.70. The summed E-state index contributed by atoms with van der Waals surface area (Å²) in [7, 11) is 0. The van der Waals surface area contributed by atoms with E-state index in [1.165, 1.54) is 0 Å². The Labute approximate surface area is 182 Å². The molecule has 3 aliphatic carbocycles. The number of ether oxygens (including phenoxy) is 1. The molecule has 8 nitrogen and oxygen atoms in total. The number of halogens is 1. The van der Waals surface area contributed by atoms with Gasteiger partial charge < -0.3 is 15.0 Å². The largest absolute Gasteiger partial charge is 0.486 e. The van der Waals surface area contributed by atoms with Crippen molar-refractivity contribution in [2.75, 3.05) is 6.61 Å². The molecule has 3 aliphatic rings. The second kappa shape index (κ2) is 6.95. The second-order valence-corrected chi connectivity index (χ2v) is 9.26. The number of aromatic nitrogens is 3. The Bertz CT molecular complexity index is 1260. The molecule has 0 saturated heterocycles. The third-order valence-electron chi connectivity index (χ3n) is 6.23. The zero-order valence-electron chi connectivity index (χ0n) is 16.9. The molecule has 0 aliphatic heterocycles. The van der Waals surface area contributed by atoms with Crippen LogP contribution in [0.15, 0.2) is 35.1 Å². The van der Waals surface area contributed by atoms with E-state index in [-0.39, 0.29) is 40.6 Å². The van der Waals surface area contributed by atoms with E-state index in [2.05, 4.69) is 20.3 Å². The van der Waals surface area contributed by atoms with Gasteiger partial charge in [-0.2, -0.15) is 0 Å².